The lowest BCUT2D eigenvalue weighted by Crippen LogP contribution is -2.19. The van der Waals surface area contributed by atoms with Crippen LogP contribution in [-0.4, -0.2) is 45.9 Å². The van der Waals surface area contributed by atoms with Gasteiger partial charge in [-0.3, -0.25) is 14.9 Å². The second-order valence-corrected chi connectivity index (χ2v) is 5.59. The highest BCUT2D eigenvalue weighted by molar-refractivity contribution is 6.22. The average molecular weight is 383 g/mol. The Morgan fingerprint density at radius 2 is 1.14 bits per heavy atom. The van der Waals surface area contributed by atoms with Crippen molar-refractivity contribution < 1.29 is 43.7 Å². The van der Waals surface area contributed by atoms with Gasteiger partial charge in [-0.25, -0.2) is 19.2 Å². The Hall–Kier alpha value is -4.34. The highest BCUT2D eigenvalue weighted by Gasteiger charge is 2.30. The van der Waals surface area contributed by atoms with Crippen LogP contribution >= 0.6 is 0 Å². The Morgan fingerprint density at radius 1 is 0.679 bits per heavy atom. The predicted molar refractivity (Wildman–Crippen MR) is 88.3 cm³/mol. The Balaban J connectivity index is 0.000000161. The number of aromatic carboxylic acids is 2. The number of ether oxygens (including phenoxy) is 1. The van der Waals surface area contributed by atoms with E-state index in [1.165, 1.54) is 30.3 Å². The first-order valence-corrected chi connectivity index (χ1v) is 7.56. The quantitative estimate of drug-likeness (QED) is 0.389. The topological polar surface area (TPSA) is 164 Å². The summed E-state index contributed by atoms with van der Waals surface area (Å²) in [6, 6.07) is 7.47. The van der Waals surface area contributed by atoms with Crippen molar-refractivity contribution in [2.24, 2.45) is 0 Å². The zero-order valence-corrected chi connectivity index (χ0v) is 13.7. The zero-order chi connectivity index (χ0) is 20.6. The van der Waals surface area contributed by atoms with Crippen LogP contribution in [0.3, 0.4) is 0 Å². The van der Waals surface area contributed by atoms with E-state index in [-0.39, 0.29) is 33.4 Å². The monoisotopic (exact) mass is 383 g/mol. The molecule has 0 unspecified atom stereocenters. The lowest BCUT2D eigenvalue weighted by atomic mass is 10.1. The van der Waals surface area contributed by atoms with Crippen LogP contribution in [0.5, 0.6) is 0 Å². The molecular formula is C18H9NO9. The number of imide groups is 1. The summed E-state index contributed by atoms with van der Waals surface area (Å²) in [6.07, 6.45) is 0. The van der Waals surface area contributed by atoms with Crippen molar-refractivity contribution in [3.05, 3.63) is 69.8 Å². The summed E-state index contributed by atoms with van der Waals surface area (Å²) in [7, 11) is 0. The average Bonchev–Trinajstić information content (AvgIpc) is 3.10. The summed E-state index contributed by atoms with van der Waals surface area (Å²) < 4.78 is 4.30. The lowest BCUT2D eigenvalue weighted by Gasteiger charge is -1.96. The van der Waals surface area contributed by atoms with Gasteiger partial charge in [0.1, 0.15) is 0 Å². The molecule has 2 heterocycles. The van der Waals surface area contributed by atoms with Crippen LogP contribution in [0.2, 0.25) is 0 Å². The molecule has 2 aliphatic heterocycles. The highest BCUT2D eigenvalue weighted by Crippen LogP contribution is 2.21. The van der Waals surface area contributed by atoms with E-state index in [1.54, 1.807) is 0 Å². The number of carboxylic acids is 2. The molecule has 10 nitrogen and oxygen atoms in total. The van der Waals surface area contributed by atoms with E-state index < -0.39 is 35.7 Å². The van der Waals surface area contributed by atoms with E-state index >= 15 is 0 Å². The largest absolute Gasteiger partial charge is 0.478 e. The molecule has 28 heavy (non-hydrogen) atoms. The number of esters is 2. The van der Waals surface area contributed by atoms with Crippen LogP contribution < -0.4 is 5.32 Å². The molecule has 0 radical (unpaired) electrons. The van der Waals surface area contributed by atoms with E-state index in [0.717, 1.165) is 6.07 Å². The van der Waals surface area contributed by atoms with Crippen molar-refractivity contribution >= 4 is 35.7 Å². The molecule has 0 aliphatic carbocycles. The van der Waals surface area contributed by atoms with Gasteiger partial charge in [0.05, 0.1) is 33.4 Å². The standard InChI is InChI=1S/C9H5NO4.C9H4O5/c11-7-5-2-1-4(9(13)14)3-6(5)8(12)10-7;10-7(11)4-1-2-5-6(3-4)9(13)14-8(5)12/h1-3H,(H,13,14)(H,10,11,12);1-3H,(H,10,11). The maximum absolute atomic E-state index is 11.1. The molecule has 10 heteroatoms. The number of benzene rings is 2. The van der Waals surface area contributed by atoms with Crippen LogP contribution in [0, 0.1) is 0 Å². The second-order valence-electron chi connectivity index (χ2n) is 5.59. The summed E-state index contributed by atoms with van der Waals surface area (Å²) in [5.74, 6) is -4.84. The number of nitrogens with one attached hydrogen (secondary N) is 1. The zero-order valence-electron chi connectivity index (χ0n) is 13.7. The first kappa shape index (κ1) is 18.5. The minimum absolute atomic E-state index is 0.00593. The van der Waals surface area contributed by atoms with Gasteiger partial charge < -0.3 is 14.9 Å². The number of hydrogen-bond acceptors (Lipinski definition) is 7. The summed E-state index contributed by atoms with van der Waals surface area (Å²) in [6.45, 7) is 0. The number of rotatable bonds is 2. The minimum Gasteiger partial charge on any atom is -0.478 e. The number of hydrogen-bond donors (Lipinski definition) is 3. The third kappa shape index (κ3) is 3.21. The van der Waals surface area contributed by atoms with E-state index in [2.05, 4.69) is 10.1 Å². The molecule has 140 valence electrons. The molecular weight excluding hydrogens is 374 g/mol. The SMILES string of the molecule is O=C(O)c1ccc2c(c1)C(=O)NC2=O.O=C(O)c1ccc2c(c1)C(=O)OC2=O. The minimum atomic E-state index is -1.15. The van der Waals surface area contributed by atoms with Crippen molar-refractivity contribution in [3.8, 4) is 0 Å². The molecule has 0 atom stereocenters. The third-order valence-electron chi connectivity index (χ3n) is 3.87. The maximum Gasteiger partial charge on any atom is 0.346 e. The first-order chi connectivity index (χ1) is 13.2. The molecule has 0 aromatic heterocycles. The van der Waals surface area contributed by atoms with Crippen LogP contribution in [0.15, 0.2) is 36.4 Å². The fourth-order valence-electron chi connectivity index (χ4n) is 2.52. The molecule has 2 aromatic carbocycles. The molecule has 0 bridgehead atoms. The summed E-state index contributed by atoms with van der Waals surface area (Å²) in [4.78, 5) is 65.3. The third-order valence-corrected chi connectivity index (χ3v) is 3.87. The molecule has 3 N–H and O–H groups in total. The van der Waals surface area contributed by atoms with Crippen LogP contribution in [0.4, 0.5) is 0 Å². The first-order valence-electron chi connectivity index (χ1n) is 7.56. The van der Waals surface area contributed by atoms with Gasteiger partial charge in [0, 0.05) is 0 Å². The molecule has 4 rings (SSSR count). The van der Waals surface area contributed by atoms with Crippen molar-refractivity contribution in [3.63, 3.8) is 0 Å². The van der Waals surface area contributed by atoms with Gasteiger partial charge in [-0.15, -0.1) is 0 Å². The fraction of sp³-hybridized carbons (Fsp3) is 0. The number of carboxylic acid groups (broad SMARTS) is 2. The van der Waals surface area contributed by atoms with Crippen molar-refractivity contribution in [2.45, 2.75) is 0 Å². The van der Waals surface area contributed by atoms with Gasteiger partial charge in [0.15, 0.2) is 0 Å². The molecule has 0 saturated heterocycles. The molecule has 2 aromatic rings. The summed E-state index contributed by atoms with van der Waals surface area (Å²) >= 11 is 0. The van der Waals surface area contributed by atoms with Gasteiger partial charge in [-0.05, 0) is 36.4 Å². The second kappa shape index (κ2) is 6.76. The predicted octanol–water partition coefficient (Wildman–Crippen LogP) is 0.964. The maximum atomic E-state index is 11.1. The number of cyclic esters (lactones) is 2. The molecule has 2 amide bonds. The van der Waals surface area contributed by atoms with Crippen molar-refractivity contribution in [1.29, 1.82) is 0 Å². The van der Waals surface area contributed by atoms with Crippen molar-refractivity contribution in [2.75, 3.05) is 0 Å². The normalized spacial score (nSPS) is 13.7. The highest BCUT2D eigenvalue weighted by atomic mass is 16.6. The van der Waals surface area contributed by atoms with Gasteiger partial charge in [-0.1, -0.05) is 0 Å². The molecule has 0 fully saturated rings. The van der Waals surface area contributed by atoms with Crippen molar-refractivity contribution in [1.82, 2.24) is 5.32 Å². The van der Waals surface area contributed by atoms with Gasteiger partial charge >= 0.3 is 23.9 Å². The molecule has 2 aliphatic rings. The van der Waals surface area contributed by atoms with Crippen LogP contribution in [0.25, 0.3) is 0 Å². The molecule has 0 spiro atoms. The Kier molecular flexibility index (Phi) is 4.45. The Labute approximate surface area is 155 Å². The van der Waals surface area contributed by atoms with Gasteiger partial charge in [-0.2, -0.15) is 0 Å². The Morgan fingerprint density at radius 3 is 1.71 bits per heavy atom. The fourth-order valence-corrected chi connectivity index (χ4v) is 2.52. The van der Waals surface area contributed by atoms with Crippen LogP contribution in [0.1, 0.15) is 62.1 Å². The number of fused-ring (bicyclic) bond motifs is 2. The number of amides is 2. The van der Waals surface area contributed by atoms with E-state index in [4.69, 9.17) is 10.2 Å². The van der Waals surface area contributed by atoms with E-state index in [9.17, 15) is 28.8 Å². The summed E-state index contributed by atoms with van der Waals surface area (Å²) in [5.41, 5.74) is 0.411. The Bertz CT molecular complexity index is 1010. The van der Waals surface area contributed by atoms with Crippen LogP contribution in [-0.2, 0) is 4.74 Å². The molecule has 0 saturated carbocycles. The number of carbonyl (C=O) groups excluding carboxylic acids is 4. The summed E-state index contributed by atoms with van der Waals surface area (Å²) in [5, 5.41) is 19.4. The van der Waals surface area contributed by atoms with E-state index in [1.807, 2.05) is 0 Å². The van der Waals surface area contributed by atoms with Gasteiger partial charge in [0.25, 0.3) is 11.8 Å². The lowest BCUT2D eigenvalue weighted by molar-refractivity contribution is 0.0442. The smallest absolute Gasteiger partial charge is 0.346 e. The van der Waals surface area contributed by atoms with Gasteiger partial charge in [0.2, 0.25) is 0 Å². The van der Waals surface area contributed by atoms with E-state index in [0.29, 0.717) is 0 Å². The number of carbonyl (C=O) groups is 6.